The Labute approximate surface area is 199 Å². The van der Waals surface area contributed by atoms with Crippen molar-refractivity contribution in [3.05, 3.63) is 94.8 Å². The van der Waals surface area contributed by atoms with Crippen molar-refractivity contribution in [1.82, 2.24) is 9.88 Å². The van der Waals surface area contributed by atoms with Crippen molar-refractivity contribution >= 4 is 22.5 Å². The van der Waals surface area contributed by atoms with Crippen LogP contribution in [0.3, 0.4) is 0 Å². The molecule has 0 bridgehead atoms. The van der Waals surface area contributed by atoms with E-state index < -0.39 is 0 Å². The lowest BCUT2D eigenvalue weighted by Gasteiger charge is -2.36. The summed E-state index contributed by atoms with van der Waals surface area (Å²) in [5, 5.41) is 0.871. The molecule has 0 radical (unpaired) electrons. The molecule has 1 aliphatic heterocycles. The molecule has 1 saturated heterocycles. The van der Waals surface area contributed by atoms with Crippen LogP contribution < -0.4 is 4.90 Å². The minimum absolute atomic E-state index is 0.00209. The zero-order valence-corrected chi connectivity index (χ0v) is 19.8. The number of piperazine rings is 1. The molecule has 2 heterocycles. The molecule has 0 spiro atoms. The minimum atomic E-state index is -0.226. The van der Waals surface area contributed by atoms with E-state index in [2.05, 4.69) is 32.0 Å². The van der Waals surface area contributed by atoms with Gasteiger partial charge in [0.05, 0.1) is 22.5 Å². The summed E-state index contributed by atoms with van der Waals surface area (Å²) in [6.45, 7) is 8.45. The number of aromatic nitrogens is 1. The van der Waals surface area contributed by atoms with Crippen molar-refractivity contribution in [2.45, 2.75) is 20.8 Å². The van der Waals surface area contributed by atoms with Gasteiger partial charge in [0, 0.05) is 37.1 Å². The standard InChI is InChI=1S/C29H28FN3O/c1-19-11-12-20(2)23(17-19)26-18-24(22-8-6-7-21(3)28(22)31-26)29(34)33-15-13-32(14-16-33)27-10-5-4-9-25(27)30/h4-12,17-18H,13-16H2,1-3H3. The number of hydrogen-bond donors (Lipinski definition) is 0. The molecule has 0 unspecified atom stereocenters. The molecule has 0 atom stereocenters. The van der Waals surface area contributed by atoms with E-state index >= 15 is 0 Å². The number of rotatable bonds is 3. The van der Waals surface area contributed by atoms with Crippen LogP contribution >= 0.6 is 0 Å². The fraction of sp³-hybridized carbons (Fsp3) is 0.241. The van der Waals surface area contributed by atoms with Crippen molar-refractivity contribution in [1.29, 1.82) is 0 Å². The molecule has 3 aromatic carbocycles. The summed E-state index contributed by atoms with van der Waals surface area (Å²) in [6.07, 6.45) is 0. The Kier molecular flexibility index (Phi) is 5.78. The average Bonchev–Trinajstić information content (AvgIpc) is 2.85. The van der Waals surface area contributed by atoms with E-state index in [1.165, 1.54) is 6.07 Å². The zero-order valence-electron chi connectivity index (χ0n) is 19.8. The normalized spacial score (nSPS) is 14.0. The van der Waals surface area contributed by atoms with E-state index in [-0.39, 0.29) is 11.7 Å². The number of halogens is 1. The van der Waals surface area contributed by atoms with Crippen LogP contribution in [0.15, 0.2) is 66.7 Å². The molecule has 1 aromatic heterocycles. The second-order valence-corrected chi connectivity index (χ2v) is 9.08. The van der Waals surface area contributed by atoms with E-state index in [1.807, 2.05) is 47.1 Å². The molecule has 0 N–H and O–H groups in total. The van der Waals surface area contributed by atoms with Crippen LogP contribution in [0, 0.1) is 26.6 Å². The van der Waals surface area contributed by atoms with E-state index in [1.54, 1.807) is 12.1 Å². The minimum Gasteiger partial charge on any atom is -0.366 e. The van der Waals surface area contributed by atoms with Crippen LogP contribution in [-0.4, -0.2) is 42.0 Å². The van der Waals surface area contributed by atoms with E-state index in [0.29, 0.717) is 37.4 Å². The Hall–Kier alpha value is -3.73. The van der Waals surface area contributed by atoms with Crippen LogP contribution in [-0.2, 0) is 0 Å². The molecule has 34 heavy (non-hydrogen) atoms. The number of anilines is 1. The quantitative estimate of drug-likeness (QED) is 0.386. The Morgan fingerprint density at radius 2 is 1.62 bits per heavy atom. The first-order chi connectivity index (χ1) is 16.4. The van der Waals surface area contributed by atoms with Gasteiger partial charge in [-0.3, -0.25) is 4.79 Å². The predicted octanol–water partition coefficient (Wildman–Crippen LogP) is 5.93. The van der Waals surface area contributed by atoms with Crippen LogP contribution in [0.1, 0.15) is 27.0 Å². The maximum atomic E-state index is 14.2. The van der Waals surface area contributed by atoms with Crippen molar-refractivity contribution < 1.29 is 9.18 Å². The maximum absolute atomic E-state index is 14.2. The predicted molar refractivity (Wildman–Crippen MR) is 136 cm³/mol. The van der Waals surface area contributed by atoms with Gasteiger partial charge in [0.2, 0.25) is 0 Å². The molecule has 0 aliphatic carbocycles. The molecule has 172 valence electrons. The highest BCUT2D eigenvalue weighted by molar-refractivity contribution is 6.08. The fourth-order valence-electron chi connectivity index (χ4n) is 4.75. The summed E-state index contributed by atoms with van der Waals surface area (Å²) in [7, 11) is 0. The van der Waals surface area contributed by atoms with Crippen molar-refractivity contribution in [3.63, 3.8) is 0 Å². The molecule has 1 amide bonds. The largest absolute Gasteiger partial charge is 0.366 e. The van der Waals surface area contributed by atoms with Gasteiger partial charge in [0.25, 0.3) is 5.91 Å². The first-order valence-corrected chi connectivity index (χ1v) is 11.7. The SMILES string of the molecule is Cc1ccc(C)c(-c2cc(C(=O)N3CCN(c4ccccc4F)CC3)c3cccc(C)c3n2)c1. The third kappa shape index (κ3) is 4.03. The molecule has 4 aromatic rings. The smallest absolute Gasteiger partial charge is 0.254 e. The van der Waals surface area contributed by atoms with Gasteiger partial charge in [0.15, 0.2) is 0 Å². The summed E-state index contributed by atoms with van der Waals surface area (Å²) in [6, 6.07) is 21.1. The molecular weight excluding hydrogens is 425 g/mol. The van der Waals surface area contributed by atoms with Gasteiger partial charge in [-0.2, -0.15) is 0 Å². The number of pyridine rings is 1. The molecule has 4 nitrogen and oxygen atoms in total. The molecule has 5 rings (SSSR count). The summed E-state index contributed by atoms with van der Waals surface area (Å²) < 4.78 is 14.2. The van der Waals surface area contributed by atoms with Crippen LogP contribution in [0.2, 0.25) is 0 Å². The summed E-state index contributed by atoms with van der Waals surface area (Å²) >= 11 is 0. The van der Waals surface area contributed by atoms with Crippen LogP contribution in [0.5, 0.6) is 0 Å². The van der Waals surface area contributed by atoms with Gasteiger partial charge in [-0.15, -0.1) is 0 Å². The topological polar surface area (TPSA) is 36.4 Å². The second-order valence-electron chi connectivity index (χ2n) is 9.08. The molecule has 1 fully saturated rings. The molecule has 5 heteroatoms. The number of carbonyl (C=O) groups excluding carboxylic acids is 1. The van der Waals surface area contributed by atoms with Gasteiger partial charge in [0.1, 0.15) is 5.82 Å². The van der Waals surface area contributed by atoms with E-state index in [4.69, 9.17) is 4.98 Å². The highest BCUT2D eigenvalue weighted by atomic mass is 19.1. The van der Waals surface area contributed by atoms with Crippen molar-refractivity contribution in [2.24, 2.45) is 0 Å². The number of hydrogen-bond acceptors (Lipinski definition) is 3. The van der Waals surface area contributed by atoms with E-state index in [0.717, 1.165) is 38.9 Å². The first kappa shape index (κ1) is 22.1. The first-order valence-electron chi connectivity index (χ1n) is 11.7. The van der Waals surface area contributed by atoms with Crippen LogP contribution in [0.4, 0.5) is 10.1 Å². The number of amides is 1. The third-order valence-electron chi connectivity index (χ3n) is 6.70. The maximum Gasteiger partial charge on any atom is 0.254 e. The van der Waals surface area contributed by atoms with Crippen LogP contribution in [0.25, 0.3) is 22.2 Å². The highest BCUT2D eigenvalue weighted by Gasteiger charge is 2.26. The van der Waals surface area contributed by atoms with Gasteiger partial charge in [-0.05, 0) is 56.2 Å². The zero-order chi connectivity index (χ0) is 23.8. The van der Waals surface area contributed by atoms with Gasteiger partial charge >= 0.3 is 0 Å². The second kappa shape index (κ2) is 8.90. The van der Waals surface area contributed by atoms with Gasteiger partial charge in [-0.25, -0.2) is 9.37 Å². The van der Waals surface area contributed by atoms with Crippen molar-refractivity contribution in [3.8, 4) is 11.3 Å². The lowest BCUT2D eigenvalue weighted by atomic mass is 9.97. The van der Waals surface area contributed by atoms with Gasteiger partial charge in [-0.1, -0.05) is 48.0 Å². The lowest BCUT2D eigenvalue weighted by Crippen LogP contribution is -2.49. The highest BCUT2D eigenvalue weighted by Crippen LogP contribution is 2.30. The Balaban J connectivity index is 1.51. The summed E-state index contributed by atoms with van der Waals surface area (Å²) in [4.78, 5) is 22.6. The average molecular weight is 454 g/mol. The van der Waals surface area contributed by atoms with Gasteiger partial charge < -0.3 is 9.80 Å². The fourth-order valence-corrected chi connectivity index (χ4v) is 4.75. The summed E-state index contributed by atoms with van der Waals surface area (Å²) in [5.41, 5.74) is 7.31. The Morgan fingerprint density at radius 3 is 2.38 bits per heavy atom. The lowest BCUT2D eigenvalue weighted by molar-refractivity contribution is 0.0748. The monoisotopic (exact) mass is 453 g/mol. The molecule has 0 saturated carbocycles. The number of carbonyl (C=O) groups is 1. The number of fused-ring (bicyclic) bond motifs is 1. The summed E-state index contributed by atoms with van der Waals surface area (Å²) in [5.74, 6) is -0.228. The van der Waals surface area contributed by atoms with E-state index in [9.17, 15) is 9.18 Å². The number of benzene rings is 3. The number of aryl methyl sites for hydroxylation is 3. The number of para-hydroxylation sites is 2. The number of nitrogens with zero attached hydrogens (tertiary/aromatic N) is 3. The Morgan fingerprint density at radius 1 is 0.853 bits per heavy atom. The third-order valence-corrected chi connectivity index (χ3v) is 6.70. The Bertz CT molecular complexity index is 1390. The molecule has 1 aliphatic rings. The molecular formula is C29H28FN3O. The van der Waals surface area contributed by atoms with Crippen molar-refractivity contribution in [2.75, 3.05) is 31.1 Å².